The summed E-state index contributed by atoms with van der Waals surface area (Å²) in [6.07, 6.45) is 4.87. The monoisotopic (exact) mass is 470 g/mol. The highest BCUT2D eigenvalue weighted by molar-refractivity contribution is 5.95. The summed E-state index contributed by atoms with van der Waals surface area (Å²) in [5.41, 5.74) is 9.46. The fraction of sp³-hybridized carbons (Fsp3) is 0.152. The van der Waals surface area contributed by atoms with Gasteiger partial charge in [-0.2, -0.15) is 0 Å². The third-order valence-corrected chi connectivity index (χ3v) is 6.83. The molecule has 0 aliphatic heterocycles. The van der Waals surface area contributed by atoms with Crippen LogP contribution in [0.3, 0.4) is 0 Å². The number of hydrogen-bond acceptors (Lipinski definition) is 2. The lowest BCUT2D eigenvalue weighted by Gasteiger charge is -2.17. The lowest BCUT2D eigenvalue weighted by molar-refractivity contribution is 0.0984. The molecule has 5 rings (SSSR count). The second-order valence-corrected chi connectivity index (χ2v) is 9.25. The van der Waals surface area contributed by atoms with Gasteiger partial charge in [-0.25, -0.2) is 4.98 Å². The maximum atomic E-state index is 13.2. The average Bonchev–Trinajstić information content (AvgIpc) is 3.42. The minimum Gasteiger partial charge on any atom is -0.335 e. The molecule has 0 radical (unpaired) electrons. The van der Waals surface area contributed by atoms with Crippen LogP contribution in [0, 0.1) is 6.92 Å². The van der Waals surface area contributed by atoms with Crippen molar-refractivity contribution in [2.24, 2.45) is 0 Å². The minimum atomic E-state index is 0.00472. The molecule has 0 amide bonds. The molecule has 1 N–H and O–H groups in total. The number of ketones is 1. The first-order chi connectivity index (χ1) is 17.7. The number of aryl methyl sites for hydroxylation is 1. The second kappa shape index (κ2) is 11.0. The van der Waals surface area contributed by atoms with Gasteiger partial charge in [0.15, 0.2) is 5.82 Å². The predicted molar refractivity (Wildman–Crippen MR) is 146 cm³/mol. The Morgan fingerprint density at radius 3 is 2.03 bits per heavy atom. The molecule has 1 heterocycles. The molecule has 0 saturated carbocycles. The number of hydrogen-bond donors (Lipinski definition) is 1. The number of carbonyl (C=O) groups is 1. The number of nitrogens with zero attached hydrogens (tertiary/aromatic N) is 1. The number of carbonyl (C=O) groups excluding carboxylic acids is 1. The molecule has 4 aromatic carbocycles. The predicted octanol–water partition coefficient (Wildman–Crippen LogP) is 7.19. The highest BCUT2D eigenvalue weighted by Crippen LogP contribution is 2.25. The van der Waals surface area contributed by atoms with Crippen molar-refractivity contribution in [3.8, 4) is 11.3 Å². The van der Waals surface area contributed by atoms with Crippen molar-refractivity contribution in [3.05, 3.63) is 149 Å². The van der Waals surface area contributed by atoms with Crippen LogP contribution in [0.4, 0.5) is 0 Å². The average molecular weight is 471 g/mol. The Kier molecular flexibility index (Phi) is 7.18. The quantitative estimate of drug-likeness (QED) is 0.232. The Balaban J connectivity index is 1.40. The molecule has 0 saturated heterocycles. The van der Waals surface area contributed by atoms with E-state index in [9.17, 15) is 4.79 Å². The number of Topliss-reactive ketones (excluding diaryl/α,β-unsaturated/α-hetero) is 1. The van der Waals surface area contributed by atoms with Crippen LogP contribution in [-0.2, 0) is 25.7 Å². The largest absolute Gasteiger partial charge is 0.335 e. The molecule has 0 fully saturated rings. The molecule has 0 aliphatic carbocycles. The molecule has 0 aliphatic rings. The van der Waals surface area contributed by atoms with Gasteiger partial charge in [0, 0.05) is 6.42 Å². The van der Waals surface area contributed by atoms with Crippen LogP contribution < -0.4 is 0 Å². The molecular weight excluding hydrogens is 440 g/mol. The van der Waals surface area contributed by atoms with E-state index in [-0.39, 0.29) is 5.78 Å². The van der Waals surface area contributed by atoms with Crippen LogP contribution >= 0.6 is 0 Å². The molecule has 36 heavy (non-hydrogen) atoms. The van der Waals surface area contributed by atoms with Crippen LogP contribution in [0.5, 0.6) is 0 Å². The van der Waals surface area contributed by atoms with Crippen molar-refractivity contribution in [1.82, 2.24) is 9.97 Å². The van der Waals surface area contributed by atoms with Crippen molar-refractivity contribution >= 4 is 5.78 Å². The van der Waals surface area contributed by atoms with Gasteiger partial charge in [-0.15, -0.1) is 0 Å². The SMILES string of the molecule is Cc1c(CC(=O)c2ncc(-c3ccccc3)[nH]2)ccc(Cc2ccccc2)c1CCc1ccccc1. The zero-order valence-corrected chi connectivity index (χ0v) is 20.6. The Hall–Kier alpha value is -4.24. The van der Waals surface area contributed by atoms with Crippen LogP contribution in [0.15, 0.2) is 109 Å². The third-order valence-electron chi connectivity index (χ3n) is 6.83. The van der Waals surface area contributed by atoms with E-state index in [4.69, 9.17) is 0 Å². The molecule has 0 spiro atoms. The van der Waals surface area contributed by atoms with Crippen molar-refractivity contribution in [1.29, 1.82) is 0 Å². The van der Waals surface area contributed by atoms with Crippen molar-refractivity contribution in [2.45, 2.75) is 32.6 Å². The number of aromatic amines is 1. The van der Waals surface area contributed by atoms with Gasteiger partial charge < -0.3 is 4.98 Å². The van der Waals surface area contributed by atoms with Gasteiger partial charge in [-0.3, -0.25) is 4.79 Å². The lowest BCUT2D eigenvalue weighted by Crippen LogP contribution is -2.10. The maximum Gasteiger partial charge on any atom is 0.202 e. The van der Waals surface area contributed by atoms with Crippen LogP contribution in [0.2, 0.25) is 0 Å². The third kappa shape index (κ3) is 5.52. The zero-order valence-electron chi connectivity index (χ0n) is 20.6. The van der Waals surface area contributed by atoms with Gasteiger partial charge in [0.2, 0.25) is 5.78 Å². The van der Waals surface area contributed by atoms with Crippen molar-refractivity contribution in [2.75, 3.05) is 0 Å². The number of H-pyrrole nitrogens is 1. The van der Waals surface area contributed by atoms with Gasteiger partial charge in [0.1, 0.15) is 0 Å². The molecule has 3 nitrogen and oxygen atoms in total. The standard InChI is InChI=1S/C33H30N2O/c1-24-28(22-32(36)33-34-23-31(35-33)27-15-9-4-10-16-27)18-19-29(21-26-13-7-3-8-14-26)30(24)20-17-25-11-5-2-6-12-25/h2-16,18-19,23H,17,20-22H2,1H3,(H,34,35). The summed E-state index contributed by atoms with van der Waals surface area (Å²) in [6, 6.07) is 35.5. The van der Waals surface area contributed by atoms with E-state index in [2.05, 4.69) is 89.7 Å². The van der Waals surface area contributed by atoms with E-state index < -0.39 is 0 Å². The van der Waals surface area contributed by atoms with Crippen LogP contribution in [0.25, 0.3) is 11.3 Å². The fourth-order valence-corrected chi connectivity index (χ4v) is 4.78. The van der Waals surface area contributed by atoms with E-state index in [1.165, 1.54) is 27.8 Å². The van der Waals surface area contributed by atoms with E-state index in [1.807, 2.05) is 30.3 Å². The molecule has 0 unspecified atom stereocenters. The molecule has 1 aromatic heterocycles. The summed E-state index contributed by atoms with van der Waals surface area (Å²) < 4.78 is 0. The number of imidazole rings is 1. The Labute approximate surface area is 212 Å². The summed E-state index contributed by atoms with van der Waals surface area (Å²) >= 11 is 0. The highest BCUT2D eigenvalue weighted by atomic mass is 16.1. The van der Waals surface area contributed by atoms with Gasteiger partial charge >= 0.3 is 0 Å². The smallest absolute Gasteiger partial charge is 0.202 e. The van der Waals surface area contributed by atoms with Crippen molar-refractivity contribution in [3.63, 3.8) is 0 Å². The molecule has 0 bridgehead atoms. The number of aromatic nitrogens is 2. The van der Waals surface area contributed by atoms with Crippen molar-refractivity contribution < 1.29 is 4.79 Å². The van der Waals surface area contributed by atoms with E-state index in [0.29, 0.717) is 12.2 Å². The summed E-state index contributed by atoms with van der Waals surface area (Å²) in [5, 5.41) is 0. The molecule has 0 atom stereocenters. The summed E-state index contributed by atoms with van der Waals surface area (Å²) in [4.78, 5) is 20.8. The Bertz CT molecular complexity index is 1440. The first-order valence-electron chi connectivity index (χ1n) is 12.5. The summed E-state index contributed by atoms with van der Waals surface area (Å²) in [7, 11) is 0. The Morgan fingerprint density at radius 1 is 0.722 bits per heavy atom. The topological polar surface area (TPSA) is 45.8 Å². The first kappa shape index (κ1) is 23.5. The van der Waals surface area contributed by atoms with Crippen LogP contribution in [0.1, 0.15) is 44.0 Å². The minimum absolute atomic E-state index is 0.00472. The molecule has 3 heteroatoms. The van der Waals surface area contributed by atoms with Gasteiger partial charge in [-0.1, -0.05) is 103 Å². The number of nitrogens with one attached hydrogen (secondary N) is 1. The molecule has 5 aromatic rings. The fourth-order valence-electron chi connectivity index (χ4n) is 4.78. The molecular formula is C33H30N2O. The van der Waals surface area contributed by atoms with E-state index in [0.717, 1.165) is 36.1 Å². The second-order valence-electron chi connectivity index (χ2n) is 9.25. The van der Waals surface area contributed by atoms with Gasteiger partial charge in [-0.05, 0) is 65.1 Å². The maximum absolute atomic E-state index is 13.2. The van der Waals surface area contributed by atoms with Gasteiger partial charge in [0.05, 0.1) is 11.9 Å². The van der Waals surface area contributed by atoms with Crippen LogP contribution in [-0.4, -0.2) is 15.8 Å². The van der Waals surface area contributed by atoms with Gasteiger partial charge in [0.25, 0.3) is 0 Å². The summed E-state index contributed by atoms with van der Waals surface area (Å²) in [5.74, 6) is 0.414. The first-order valence-corrected chi connectivity index (χ1v) is 12.5. The normalized spacial score (nSPS) is 10.9. The Morgan fingerprint density at radius 2 is 1.33 bits per heavy atom. The lowest BCUT2D eigenvalue weighted by atomic mass is 9.88. The highest BCUT2D eigenvalue weighted by Gasteiger charge is 2.17. The summed E-state index contributed by atoms with van der Waals surface area (Å²) in [6.45, 7) is 2.16. The number of benzene rings is 4. The van der Waals surface area contributed by atoms with E-state index in [1.54, 1.807) is 6.20 Å². The molecule has 178 valence electrons. The zero-order chi connectivity index (χ0) is 24.7. The number of rotatable bonds is 9. The van der Waals surface area contributed by atoms with E-state index >= 15 is 0 Å².